The highest BCUT2D eigenvalue weighted by atomic mass is 16.6. The van der Waals surface area contributed by atoms with Gasteiger partial charge in [-0.3, -0.25) is 14.9 Å². The molecule has 0 spiro atoms. The molecule has 2 heterocycles. The van der Waals surface area contributed by atoms with Gasteiger partial charge in [0.1, 0.15) is 5.69 Å². The zero-order chi connectivity index (χ0) is 13.3. The molecule has 1 aliphatic heterocycles. The van der Waals surface area contributed by atoms with Crippen molar-refractivity contribution < 1.29 is 9.72 Å². The summed E-state index contributed by atoms with van der Waals surface area (Å²) in [5, 5.41) is 10.6. The van der Waals surface area contributed by atoms with Crippen molar-refractivity contribution in [2.75, 3.05) is 6.54 Å². The molecular weight excluding hydrogens is 236 g/mol. The van der Waals surface area contributed by atoms with Gasteiger partial charge in [-0.15, -0.1) is 0 Å². The van der Waals surface area contributed by atoms with Crippen LogP contribution in [-0.2, 0) is 0 Å². The van der Waals surface area contributed by atoms with Crippen molar-refractivity contribution in [2.45, 2.75) is 31.8 Å². The van der Waals surface area contributed by atoms with Crippen LogP contribution in [0.1, 0.15) is 30.3 Å². The largest absolute Gasteiger partial charge is 0.351 e. The Hall–Kier alpha value is -1.89. The van der Waals surface area contributed by atoms with Crippen molar-refractivity contribution in [1.82, 2.24) is 9.88 Å². The van der Waals surface area contributed by atoms with Crippen LogP contribution in [-0.4, -0.2) is 39.3 Å². The predicted octanol–water partition coefficient (Wildman–Crippen LogP) is 0.875. The second-order valence-corrected chi connectivity index (χ2v) is 4.66. The van der Waals surface area contributed by atoms with Gasteiger partial charge in [0.25, 0.3) is 11.6 Å². The molecule has 1 saturated heterocycles. The molecule has 1 amide bonds. The number of nitrogens with two attached hydrogens (primary N) is 1. The summed E-state index contributed by atoms with van der Waals surface area (Å²) < 4.78 is 0. The fourth-order valence-electron chi connectivity index (χ4n) is 2.28. The van der Waals surface area contributed by atoms with Gasteiger partial charge in [0.2, 0.25) is 0 Å². The van der Waals surface area contributed by atoms with E-state index in [9.17, 15) is 14.9 Å². The summed E-state index contributed by atoms with van der Waals surface area (Å²) in [6, 6.07) is 1.45. The fourth-order valence-corrected chi connectivity index (χ4v) is 2.28. The van der Waals surface area contributed by atoms with Gasteiger partial charge in [-0.2, -0.15) is 0 Å². The smallest absolute Gasteiger partial charge is 0.287 e. The van der Waals surface area contributed by atoms with Crippen LogP contribution in [0, 0.1) is 10.1 Å². The summed E-state index contributed by atoms with van der Waals surface area (Å²) in [6.45, 7) is 2.53. The number of carbonyl (C=O) groups is 1. The molecule has 0 aromatic carbocycles. The van der Waals surface area contributed by atoms with Crippen molar-refractivity contribution in [1.29, 1.82) is 0 Å². The number of rotatable bonds is 2. The predicted molar refractivity (Wildman–Crippen MR) is 65.2 cm³/mol. The molecule has 0 bridgehead atoms. The second-order valence-electron chi connectivity index (χ2n) is 4.66. The first kappa shape index (κ1) is 12.6. The maximum Gasteiger partial charge on any atom is 0.287 e. The number of likely N-dealkylation sites (tertiary alicyclic amines) is 1. The molecular formula is C11H16N4O3. The fraction of sp³-hybridized carbons (Fsp3) is 0.545. The van der Waals surface area contributed by atoms with Crippen LogP contribution in [0.3, 0.4) is 0 Å². The summed E-state index contributed by atoms with van der Waals surface area (Å²) >= 11 is 0. The average Bonchev–Trinajstić information content (AvgIpc) is 2.77. The van der Waals surface area contributed by atoms with Gasteiger partial charge in [0, 0.05) is 24.7 Å². The standard InChI is InChI=1S/C11H16N4O3/c1-7-4-8(12)2-3-14(7)11(16)10-5-9(6-13-10)15(17)18/h5-8,13H,2-4,12H2,1H3. The van der Waals surface area contributed by atoms with Crippen molar-refractivity contribution in [2.24, 2.45) is 5.73 Å². The highest BCUT2D eigenvalue weighted by Gasteiger charge is 2.29. The van der Waals surface area contributed by atoms with Gasteiger partial charge < -0.3 is 15.6 Å². The summed E-state index contributed by atoms with van der Waals surface area (Å²) in [5.74, 6) is -0.206. The molecule has 18 heavy (non-hydrogen) atoms. The van der Waals surface area contributed by atoms with Gasteiger partial charge in [0.05, 0.1) is 11.1 Å². The lowest BCUT2D eigenvalue weighted by molar-refractivity contribution is -0.384. The molecule has 0 saturated carbocycles. The van der Waals surface area contributed by atoms with Crippen LogP contribution in [0.5, 0.6) is 0 Å². The number of nitrogens with one attached hydrogen (secondary N) is 1. The molecule has 1 aromatic rings. The van der Waals surface area contributed by atoms with Crippen LogP contribution in [0.25, 0.3) is 0 Å². The molecule has 7 nitrogen and oxygen atoms in total. The number of H-pyrrole nitrogens is 1. The summed E-state index contributed by atoms with van der Waals surface area (Å²) in [6.07, 6.45) is 2.75. The maximum absolute atomic E-state index is 12.2. The lowest BCUT2D eigenvalue weighted by Crippen LogP contribution is -2.48. The van der Waals surface area contributed by atoms with Gasteiger partial charge >= 0.3 is 0 Å². The monoisotopic (exact) mass is 252 g/mol. The Morgan fingerprint density at radius 1 is 1.67 bits per heavy atom. The first-order chi connectivity index (χ1) is 8.49. The van der Waals surface area contributed by atoms with Crippen molar-refractivity contribution in [3.8, 4) is 0 Å². The highest BCUT2D eigenvalue weighted by molar-refractivity contribution is 5.93. The van der Waals surface area contributed by atoms with E-state index in [-0.39, 0.29) is 29.4 Å². The third kappa shape index (κ3) is 2.35. The van der Waals surface area contributed by atoms with E-state index < -0.39 is 4.92 Å². The summed E-state index contributed by atoms with van der Waals surface area (Å²) in [5.41, 5.74) is 5.99. The van der Waals surface area contributed by atoms with Crippen LogP contribution in [0.15, 0.2) is 12.3 Å². The van der Waals surface area contributed by atoms with Gasteiger partial charge in [0.15, 0.2) is 0 Å². The Labute approximate surface area is 104 Å². The molecule has 0 aliphatic carbocycles. The van der Waals surface area contributed by atoms with Crippen molar-refractivity contribution >= 4 is 11.6 Å². The summed E-state index contributed by atoms with van der Waals surface area (Å²) in [4.78, 5) is 26.6. The van der Waals surface area contributed by atoms with E-state index >= 15 is 0 Å². The topological polar surface area (TPSA) is 105 Å². The Bertz CT molecular complexity index is 471. The Morgan fingerprint density at radius 3 is 2.94 bits per heavy atom. The van der Waals surface area contributed by atoms with E-state index in [0.717, 1.165) is 12.8 Å². The van der Waals surface area contributed by atoms with Crippen molar-refractivity contribution in [3.05, 3.63) is 28.1 Å². The number of aromatic nitrogens is 1. The Balaban J connectivity index is 2.13. The molecule has 2 rings (SSSR count). The number of hydrogen-bond donors (Lipinski definition) is 2. The quantitative estimate of drug-likeness (QED) is 0.601. The van der Waals surface area contributed by atoms with Gasteiger partial charge in [-0.05, 0) is 19.8 Å². The zero-order valence-electron chi connectivity index (χ0n) is 10.1. The van der Waals surface area contributed by atoms with Crippen LogP contribution < -0.4 is 5.73 Å². The molecule has 1 aliphatic rings. The number of nitro groups is 1. The molecule has 1 fully saturated rings. The SMILES string of the molecule is CC1CC(N)CCN1C(=O)c1cc([N+](=O)[O-])c[nH]1. The molecule has 7 heteroatoms. The maximum atomic E-state index is 12.2. The van der Waals surface area contributed by atoms with E-state index in [4.69, 9.17) is 5.73 Å². The number of nitrogens with zero attached hydrogens (tertiary/aromatic N) is 2. The average molecular weight is 252 g/mol. The van der Waals surface area contributed by atoms with Gasteiger partial charge in [-0.1, -0.05) is 0 Å². The Kier molecular flexibility index (Phi) is 3.33. The molecule has 3 N–H and O–H groups in total. The molecule has 1 aromatic heterocycles. The number of amides is 1. The van der Waals surface area contributed by atoms with E-state index in [1.165, 1.54) is 12.3 Å². The third-order valence-electron chi connectivity index (χ3n) is 3.29. The third-order valence-corrected chi connectivity index (χ3v) is 3.29. The number of carbonyl (C=O) groups excluding carboxylic acids is 1. The summed E-state index contributed by atoms with van der Waals surface area (Å²) in [7, 11) is 0. The van der Waals surface area contributed by atoms with E-state index in [1.54, 1.807) is 4.90 Å². The van der Waals surface area contributed by atoms with E-state index in [1.807, 2.05) is 6.92 Å². The number of piperidine rings is 1. The van der Waals surface area contributed by atoms with E-state index in [2.05, 4.69) is 4.98 Å². The minimum absolute atomic E-state index is 0.0589. The molecule has 2 atom stereocenters. The number of hydrogen-bond acceptors (Lipinski definition) is 4. The van der Waals surface area contributed by atoms with Crippen LogP contribution in [0.2, 0.25) is 0 Å². The molecule has 2 unspecified atom stereocenters. The van der Waals surface area contributed by atoms with E-state index in [0.29, 0.717) is 6.54 Å². The van der Waals surface area contributed by atoms with Crippen LogP contribution in [0.4, 0.5) is 5.69 Å². The molecule has 0 radical (unpaired) electrons. The van der Waals surface area contributed by atoms with Crippen LogP contribution >= 0.6 is 0 Å². The first-order valence-electron chi connectivity index (χ1n) is 5.88. The lowest BCUT2D eigenvalue weighted by Gasteiger charge is -2.36. The lowest BCUT2D eigenvalue weighted by atomic mass is 9.99. The zero-order valence-corrected chi connectivity index (χ0v) is 10.1. The van der Waals surface area contributed by atoms with Gasteiger partial charge in [-0.25, -0.2) is 0 Å². The second kappa shape index (κ2) is 4.77. The normalized spacial score (nSPS) is 24.0. The first-order valence-corrected chi connectivity index (χ1v) is 5.88. The number of aromatic amines is 1. The van der Waals surface area contributed by atoms with Crippen molar-refractivity contribution in [3.63, 3.8) is 0 Å². The Morgan fingerprint density at radius 2 is 2.39 bits per heavy atom. The minimum atomic E-state index is -0.525. The highest BCUT2D eigenvalue weighted by Crippen LogP contribution is 2.20. The minimum Gasteiger partial charge on any atom is -0.351 e. The molecule has 98 valence electrons.